The third kappa shape index (κ3) is 3.98. The molecule has 2 N–H and O–H groups in total. The third-order valence-electron chi connectivity index (χ3n) is 3.89. The number of nitrogens with two attached hydrogens (primary N) is 1. The van der Waals surface area contributed by atoms with Gasteiger partial charge in [-0.05, 0) is 56.5 Å². The second-order valence-corrected chi connectivity index (χ2v) is 5.95. The number of benzene rings is 1. The lowest BCUT2D eigenvalue weighted by atomic mass is 9.85. The molecule has 18 heavy (non-hydrogen) atoms. The molecule has 0 saturated heterocycles. The lowest BCUT2D eigenvalue weighted by Crippen LogP contribution is -2.31. The molecule has 3 heteroatoms. The van der Waals surface area contributed by atoms with Crippen molar-refractivity contribution in [2.24, 2.45) is 11.7 Å². The zero-order chi connectivity index (χ0) is 13.0. The van der Waals surface area contributed by atoms with Crippen LogP contribution < -0.4 is 5.73 Å². The van der Waals surface area contributed by atoms with Crippen LogP contribution in [0.1, 0.15) is 37.3 Å². The molecule has 0 amide bonds. The average Bonchev–Trinajstić information content (AvgIpc) is 2.31. The zero-order valence-corrected chi connectivity index (χ0v) is 11.9. The maximum atomic E-state index is 6.20. The fraction of sp³-hybridized carbons (Fsp3) is 0.600. The summed E-state index contributed by atoms with van der Waals surface area (Å²) in [6.07, 6.45) is 5.22. The maximum Gasteiger partial charge on any atom is 0.0409 e. The Hall–Kier alpha value is -0.570. The van der Waals surface area contributed by atoms with Crippen molar-refractivity contribution in [1.29, 1.82) is 0 Å². The first kappa shape index (κ1) is 13.9. The summed E-state index contributed by atoms with van der Waals surface area (Å²) in [5.74, 6) is 0.928. The van der Waals surface area contributed by atoms with Crippen molar-refractivity contribution in [3.8, 4) is 0 Å². The molecular weight excluding hydrogens is 244 g/mol. The summed E-state index contributed by atoms with van der Waals surface area (Å²) in [5.41, 5.74) is 7.34. The highest BCUT2D eigenvalue weighted by molar-refractivity contribution is 6.30. The molecule has 100 valence electrons. The van der Waals surface area contributed by atoms with Gasteiger partial charge in [-0.25, -0.2) is 0 Å². The Balaban J connectivity index is 1.75. The fourth-order valence-electron chi connectivity index (χ4n) is 2.47. The highest BCUT2D eigenvalue weighted by atomic mass is 35.5. The van der Waals surface area contributed by atoms with E-state index in [1.54, 1.807) is 0 Å². The second-order valence-electron chi connectivity index (χ2n) is 5.51. The molecule has 1 saturated carbocycles. The van der Waals surface area contributed by atoms with E-state index in [0.29, 0.717) is 0 Å². The minimum absolute atomic E-state index is 0.0903. The molecule has 0 aliphatic heterocycles. The number of rotatable bonds is 6. The first-order chi connectivity index (χ1) is 8.65. The summed E-state index contributed by atoms with van der Waals surface area (Å²) < 4.78 is 0. The standard InChI is InChI=1S/C15H23ClN2/c1-18(11-12-4-2-5-12)9-8-15(17)13-6-3-7-14(16)10-13/h3,6-7,10,12,15H,2,4-5,8-9,11,17H2,1H3. The quantitative estimate of drug-likeness (QED) is 0.854. The van der Waals surface area contributed by atoms with Gasteiger partial charge in [0.2, 0.25) is 0 Å². The Morgan fingerprint density at radius 1 is 1.44 bits per heavy atom. The maximum absolute atomic E-state index is 6.20. The summed E-state index contributed by atoms with van der Waals surface area (Å²) in [5, 5.41) is 0.769. The van der Waals surface area contributed by atoms with Gasteiger partial charge >= 0.3 is 0 Å². The molecule has 1 aromatic carbocycles. The van der Waals surface area contributed by atoms with Gasteiger partial charge < -0.3 is 10.6 Å². The molecule has 1 unspecified atom stereocenters. The van der Waals surface area contributed by atoms with Crippen LogP contribution in [0.3, 0.4) is 0 Å². The van der Waals surface area contributed by atoms with Crippen LogP contribution in [0, 0.1) is 5.92 Å². The average molecular weight is 267 g/mol. The first-order valence-electron chi connectivity index (χ1n) is 6.85. The molecule has 0 heterocycles. The normalized spacial score (nSPS) is 17.8. The van der Waals surface area contributed by atoms with E-state index in [0.717, 1.165) is 29.5 Å². The van der Waals surface area contributed by atoms with Crippen LogP contribution in [-0.4, -0.2) is 25.0 Å². The van der Waals surface area contributed by atoms with E-state index in [4.69, 9.17) is 17.3 Å². The minimum Gasteiger partial charge on any atom is -0.324 e. The van der Waals surface area contributed by atoms with Gasteiger partial charge in [0.1, 0.15) is 0 Å². The number of hydrogen-bond donors (Lipinski definition) is 1. The van der Waals surface area contributed by atoms with Crippen LogP contribution >= 0.6 is 11.6 Å². The van der Waals surface area contributed by atoms with Crippen molar-refractivity contribution in [2.45, 2.75) is 31.7 Å². The molecule has 2 nitrogen and oxygen atoms in total. The Bertz CT molecular complexity index is 377. The van der Waals surface area contributed by atoms with Crippen molar-refractivity contribution in [2.75, 3.05) is 20.1 Å². The van der Waals surface area contributed by atoms with Crippen LogP contribution in [0.25, 0.3) is 0 Å². The van der Waals surface area contributed by atoms with Crippen LogP contribution in [0.2, 0.25) is 5.02 Å². The zero-order valence-electron chi connectivity index (χ0n) is 11.1. The molecule has 1 aromatic rings. The van der Waals surface area contributed by atoms with E-state index in [2.05, 4.69) is 18.0 Å². The molecule has 1 fully saturated rings. The smallest absolute Gasteiger partial charge is 0.0409 e. The largest absolute Gasteiger partial charge is 0.324 e. The molecular formula is C15H23ClN2. The molecule has 0 spiro atoms. The predicted octanol–water partition coefficient (Wildman–Crippen LogP) is 3.46. The SMILES string of the molecule is CN(CCC(N)c1cccc(Cl)c1)CC1CCC1. The second kappa shape index (κ2) is 6.55. The highest BCUT2D eigenvalue weighted by Gasteiger charge is 2.19. The number of halogens is 1. The molecule has 0 bridgehead atoms. The van der Waals surface area contributed by atoms with E-state index in [1.165, 1.54) is 25.8 Å². The predicted molar refractivity (Wildman–Crippen MR) is 77.8 cm³/mol. The van der Waals surface area contributed by atoms with Gasteiger partial charge in [0.15, 0.2) is 0 Å². The Labute approximate surface area is 115 Å². The summed E-state index contributed by atoms with van der Waals surface area (Å²) >= 11 is 5.98. The van der Waals surface area contributed by atoms with E-state index in [9.17, 15) is 0 Å². The van der Waals surface area contributed by atoms with Crippen molar-refractivity contribution in [3.63, 3.8) is 0 Å². The van der Waals surface area contributed by atoms with Gasteiger partial charge in [0.05, 0.1) is 0 Å². The Kier molecular flexibility index (Phi) is 5.04. The Morgan fingerprint density at radius 2 is 2.22 bits per heavy atom. The number of nitrogens with zero attached hydrogens (tertiary/aromatic N) is 1. The van der Waals surface area contributed by atoms with Crippen LogP contribution in [0.4, 0.5) is 0 Å². The molecule has 1 atom stereocenters. The van der Waals surface area contributed by atoms with Gasteiger partial charge in [0, 0.05) is 17.6 Å². The van der Waals surface area contributed by atoms with Crippen LogP contribution in [0.5, 0.6) is 0 Å². The van der Waals surface area contributed by atoms with Gasteiger partial charge in [-0.2, -0.15) is 0 Å². The molecule has 1 aliphatic rings. The van der Waals surface area contributed by atoms with Crippen molar-refractivity contribution < 1.29 is 0 Å². The van der Waals surface area contributed by atoms with Gasteiger partial charge in [-0.1, -0.05) is 30.2 Å². The first-order valence-corrected chi connectivity index (χ1v) is 7.22. The molecule has 2 rings (SSSR count). The lowest BCUT2D eigenvalue weighted by molar-refractivity contribution is 0.201. The summed E-state index contributed by atoms with van der Waals surface area (Å²) in [6.45, 7) is 2.28. The van der Waals surface area contributed by atoms with E-state index in [-0.39, 0.29) is 6.04 Å². The van der Waals surface area contributed by atoms with Gasteiger partial charge in [0.25, 0.3) is 0 Å². The molecule has 0 aromatic heterocycles. The van der Waals surface area contributed by atoms with E-state index >= 15 is 0 Å². The fourth-order valence-corrected chi connectivity index (χ4v) is 2.67. The third-order valence-corrected chi connectivity index (χ3v) is 4.13. The van der Waals surface area contributed by atoms with Crippen LogP contribution in [0.15, 0.2) is 24.3 Å². The molecule has 1 aliphatic carbocycles. The van der Waals surface area contributed by atoms with E-state index in [1.807, 2.05) is 18.2 Å². The van der Waals surface area contributed by atoms with Crippen molar-refractivity contribution in [1.82, 2.24) is 4.90 Å². The van der Waals surface area contributed by atoms with Gasteiger partial charge in [-0.15, -0.1) is 0 Å². The van der Waals surface area contributed by atoms with Gasteiger partial charge in [-0.3, -0.25) is 0 Å². The Morgan fingerprint density at radius 3 is 2.83 bits per heavy atom. The summed E-state index contributed by atoms with van der Waals surface area (Å²) in [4.78, 5) is 2.41. The van der Waals surface area contributed by atoms with Crippen LogP contribution in [-0.2, 0) is 0 Å². The van der Waals surface area contributed by atoms with Crippen molar-refractivity contribution >= 4 is 11.6 Å². The lowest BCUT2D eigenvalue weighted by Gasteiger charge is -2.30. The molecule has 0 radical (unpaired) electrons. The highest BCUT2D eigenvalue weighted by Crippen LogP contribution is 2.27. The summed E-state index contributed by atoms with van der Waals surface area (Å²) in [6, 6.07) is 7.98. The van der Waals surface area contributed by atoms with Crippen molar-refractivity contribution in [3.05, 3.63) is 34.9 Å². The minimum atomic E-state index is 0.0903. The number of hydrogen-bond acceptors (Lipinski definition) is 2. The van der Waals surface area contributed by atoms with E-state index < -0.39 is 0 Å². The summed E-state index contributed by atoms with van der Waals surface area (Å²) in [7, 11) is 2.20. The topological polar surface area (TPSA) is 29.3 Å². The monoisotopic (exact) mass is 266 g/mol.